The van der Waals surface area contributed by atoms with E-state index in [1.54, 1.807) is 30.3 Å². The topological polar surface area (TPSA) is 33.6 Å². The Labute approximate surface area is 107 Å². The molecule has 3 nitrogen and oxygen atoms in total. The lowest BCUT2D eigenvalue weighted by Crippen LogP contribution is -2.38. The SMILES string of the molecule is FC(F)(F)C1=C2CCOC2N=C(c2ccccc2)N1. The number of halogens is 3. The van der Waals surface area contributed by atoms with E-state index in [1.807, 2.05) is 0 Å². The lowest BCUT2D eigenvalue weighted by Gasteiger charge is -2.25. The quantitative estimate of drug-likeness (QED) is 0.849. The van der Waals surface area contributed by atoms with Gasteiger partial charge in [0.2, 0.25) is 0 Å². The van der Waals surface area contributed by atoms with Gasteiger partial charge in [0.05, 0.1) is 6.61 Å². The number of nitrogens with zero attached hydrogens (tertiary/aromatic N) is 1. The van der Waals surface area contributed by atoms with Gasteiger partial charge in [0.15, 0.2) is 6.23 Å². The number of benzene rings is 1. The summed E-state index contributed by atoms with van der Waals surface area (Å²) in [5, 5.41) is 2.41. The fourth-order valence-corrected chi connectivity index (χ4v) is 2.21. The van der Waals surface area contributed by atoms with Crippen LogP contribution in [0.4, 0.5) is 13.2 Å². The number of hydrogen-bond acceptors (Lipinski definition) is 3. The third-order valence-electron chi connectivity index (χ3n) is 3.09. The summed E-state index contributed by atoms with van der Waals surface area (Å²) >= 11 is 0. The van der Waals surface area contributed by atoms with Gasteiger partial charge in [-0.3, -0.25) is 0 Å². The minimum Gasteiger partial charge on any atom is -0.352 e. The van der Waals surface area contributed by atoms with Gasteiger partial charge in [-0.25, -0.2) is 4.99 Å². The zero-order valence-corrected chi connectivity index (χ0v) is 9.87. The molecule has 2 aliphatic rings. The van der Waals surface area contributed by atoms with Crippen LogP contribution >= 0.6 is 0 Å². The summed E-state index contributed by atoms with van der Waals surface area (Å²) in [5.41, 5.74) is 0.0647. The van der Waals surface area contributed by atoms with Gasteiger partial charge < -0.3 is 10.1 Å². The van der Waals surface area contributed by atoms with Gasteiger partial charge >= 0.3 is 6.18 Å². The molecule has 0 saturated carbocycles. The van der Waals surface area contributed by atoms with Crippen LogP contribution in [0, 0.1) is 0 Å². The first kappa shape index (κ1) is 12.2. The number of ether oxygens (including phenoxy) is 1. The van der Waals surface area contributed by atoms with E-state index in [0.717, 1.165) is 0 Å². The fraction of sp³-hybridized carbons (Fsp3) is 0.308. The minimum atomic E-state index is -4.42. The number of aliphatic imine (C=N–C) groups is 1. The van der Waals surface area contributed by atoms with Crippen molar-refractivity contribution in [2.45, 2.75) is 18.8 Å². The molecule has 3 rings (SSSR count). The normalized spacial score (nSPS) is 22.9. The zero-order chi connectivity index (χ0) is 13.5. The molecule has 0 aliphatic carbocycles. The molecule has 0 aromatic heterocycles. The number of nitrogens with one attached hydrogen (secondary N) is 1. The van der Waals surface area contributed by atoms with E-state index in [2.05, 4.69) is 10.3 Å². The molecule has 1 aromatic rings. The largest absolute Gasteiger partial charge is 0.431 e. The fourth-order valence-electron chi connectivity index (χ4n) is 2.21. The van der Waals surface area contributed by atoms with Crippen LogP contribution in [-0.4, -0.2) is 24.8 Å². The summed E-state index contributed by atoms with van der Waals surface area (Å²) < 4.78 is 44.4. The summed E-state index contributed by atoms with van der Waals surface area (Å²) in [7, 11) is 0. The van der Waals surface area contributed by atoms with Crippen molar-refractivity contribution in [3.8, 4) is 0 Å². The van der Waals surface area contributed by atoms with Crippen molar-refractivity contribution in [1.82, 2.24) is 5.32 Å². The number of allylic oxidation sites excluding steroid dienone is 1. The summed E-state index contributed by atoms with van der Waals surface area (Å²) in [4.78, 5) is 4.20. The molecule has 1 unspecified atom stereocenters. The second-order valence-electron chi connectivity index (χ2n) is 4.34. The van der Waals surface area contributed by atoms with E-state index in [0.29, 0.717) is 5.56 Å². The lowest BCUT2D eigenvalue weighted by molar-refractivity contribution is -0.0968. The van der Waals surface area contributed by atoms with E-state index in [1.165, 1.54) is 0 Å². The average molecular weight is 268 g/mol. The van der Waals surface area contributed by atoms with Crippen molar-refractivity contribution in [2.24, 2.45) is 4.99 Å². The summed E-state index contributed by atoms with van der Waals surface area (Å²) in [5.74, 6) is 0.198. The number of hydrogen-bond donors (Lipinski definition) is 1. The molecule has 1 N–H and O–H groups in total. The van der Waals surface area contributed by atoms with Crippen molar-refractivity contribution in [1.29, 1.82) is 0 Å². The molecule has 0 spiro atoms. The molecule has 6 heteroatoms. The molecular weight excluding hydrogens is 257 g/mol. The second-order valence-corrected chi connectivity index (χ2v) is 4.34. The van der Waals surface area contributed by atoms with Crippen LogP contribution in [-0.2, 0) is 4.74 Å². The van der Waals surface area contributed by atoms with Crippen LogP contribution in [0.1, 0.15) is 12.0 Å². The van der Waals surface area contributed by atoms with Crippen LogP contribution in [0.3, 0.4) is 0 Å². The van der Waals surface area contributed by atoms with Crippen molar-refractivity contribution >= 4 is 5.84 Å². The van der Waals surface area contributed by atoms with Gasteiger partial charge in [-0.05, 0) is 6.42 Å². The maximum absolute atomic E-state index is 13.0. The number of amidine groups is 1. The van der Waals surface area contributed by atoms with E-state index in [9.17, 15) is 13.2 Å². The Hall–Kier alpha value is -1.82. The van der Waals surface area contributed by atoms with Crippen LogP contribution in [0.5, 0.6) is 0 Å². The van der Waals surface area contributed by atoms with Gasteiger partial charge in [0.25, 0.3) is 0 Å². The van der Waals surface area contributed by atoms with Crippen molar-refractivity contribution in [3.05, 3.63) is 47.2 Å². The van der Waals surface area contributed by atoms with E-state index >= 15 is 0 Å². The molecule has 2 heterocycles. The highest BCUT2D eigenvalue weighted by Gasteiger charge is 2.43. The highest BCUT2D eigenvalue weighted by Crippen LogP contribution is 2.35. The van der Waals surface area contributed by atoms with E-state index in [4.69, 9.17) is 4.74 Å². The Bertz CT molecular complexity index is 549. The Kier molecular flexibility index (Phi) is 2.82. The highest BCUT2D eigenvalue weighted by molar-refractivity contribution is 6.00. The van der Waals surface area contributed by atoms with Gasteiger partial charge in [-0.2, -0.15) is 13.2 Å². The van der Waals surface area contributed by atoms with Crippen LogP contribution in [0.2, 0.25) is 0 Å². The number of fused-ring (bicyclic) bond motifs is 1. The smallest absolute Gasteiger partial charge is 0.352 e. The maximum atomic E-state index is 13.0. The predicted octanol–water partition coefficient (Wildman–Crippen LogP) is 2.60. The average Bonchev–Trinajstić information content (AvgIpc) is 2.85. The van der Waals surface area contributed by atoms with Gasteiger partial charge in [-0.15, -0.1) is 0 Å². The number of alkyl halides is 3. The molecule has 1 fully saturated rings. The molecular formula is C13H11F3N2O. The van der Waals surface area contributed by atoms with Crippen molar-refractivity contribution < 1.29 is 17.9 Å². The van der Waals surface area contributed by atoms with Crippen molar-refractivity contribution in [2.75, 3.05) is 6.61 Å². The predicted molar refractivity (Wildman–Crippen MR) is 63.6 cm³/mol. The molecule has 2 aliphatic heterocycles. The molecule has 19 heavy (non-hydrogen) atoms. The first-order chi connectivity index (χ1) is 9.05. The Morgan fingerprint density at radius 3 is 2.63 bits per heavy atom. The molecule has 1 aromatic carbocycles. The van der Waals surface area contributed by atoms with E-state index in [-0.39, 0.29) is 24.4 Å². The molecule has 0 radical (unpaired) electrons. The lowest BCUT2D eigenvalue weighted by atomic mass is 10.1. The second kappa shape index (κ2) is 4.38. The Balaban J connectivity index is 2.00. The Morgan fingerprint density at radius 2 is 1.95 bits per heavy atom. The molecule has 100 valence electrons. The highest BCUT2D eigenvalue weighted by atomic mass is 19.4. The van der Waals surface area contributed by atoms with Crippen LogP contribution in [0.15, 0.2) is 46.6 Å². The monoisotopic (exact) mass is 268 g/mol. The van der Waals surface area contributed by atoms with Crippen LogP contribution < -0.4 is 5.32 Å². The van der Waals surface area contributed by atoms with Crippen LogP contribution in [0.25, 0.3) is 0 Å². The minimum absolute atomic E-state index is 0.187. The van der Waals surface area contributed by atoms with Gasteiger partial charge in [0.1, 0.15) is 11.5 Å². The Morgan fingerprint density at radius 1 is 1.21 bits per heavy atom. The summed E-state index contributed by atoms with van der Waals surface area (Å²) in [6.07, 6.45) is -4.97. The molecule has 0 bridgehead atoms. The van der Waals surface area contributed by atoms with Gasteiger partial charge in [-0.1, -0.05) is 30.3 Å². The third kappa shape index (κ3) is 2.23. The maximum Gasteiger partial charge on any atom is 0.431 e. The molecule has 0 amide bonds. The summed E-state index contributed by atoms with van der Waals surface area (Å²) in [6.45, 7) is 0.271. The van der Waals surface area contributed by atoms with Gasteiger partial charge in [0, 0.05) is 11.1 Å². The third-order valence-corrected chi connectivity index (χ3v) is 3.09. The van der Waals surface area contributed by atoms with E-state index < -0.39 is 18.1 Å². The number of rotatable bonds is 1. The molecule has 1 atom stereocenters. The summed E-state index contributed by atoms with van der Waals surface area (Å²) in [6, 6.07) is 8.72. The first-order valence-electron chi connectivity index (χ1n) is 5.88. The standard InChI is InChI=1S/C13H11F3N2O/c14-13(15,16)10-9-6-7-19-12(9)18-11(17-10)8-4-2-1-3-5-8/h1-5,12H,6-7H2,(H,17,18). The molecule has 1 saturated heterocycles. The van der Waals surface area contributed by atoms with Crippen molar-refractivity contribution in [3.63, 3.8) is 0 Å². The zero-order valence-electron chi connectivity index (χ0n) is 9.87. The first-order valence-corrected chi connectivity index (χ1v) is 5.88.